The van der Waals surface area contributed by atoms with Crippen LogP contribution in [0.15, 0.2) is 48.5 Å². The first kappa shape index (κ1) is 25.6. The van der Waals surface area contributed by atoms with Crippen LogP contribution >= 0.6 is 0 Å². The minimum absolute atomic E-state index is 0.0456. The lowest BCUT2D eigenvalue weighted by atomic mass is 9.87. The summed E-state index contributed by atoms with van der Waals surface area (Å²) in [5.74, 6) is 0.975. The average molecular weight is 467 g/mol. The van der Waals surface area contributed by atoms with Crippen molar-refractivity contribution in [1.29, 1.82) is 0 Å². The highest BCUT2D eigenvalue weighted by atomic mass is 16.5. The van der Waals surface area contributed by atoms with E-state index in [1.54, 1.807) is 18.9 Å². The van der Waals surface area contributed by atoms with Gasteiger partial charge < -0.3 is 19.7 Å². The van der Waals surface area contributed by atoms with Crippen LogP contribution < -0.4 is 14.8 Å². The molecule has 1 atom stereocenters. The highest BCUT2D eigenvalue weighted by Gasteiger charge is 2.29. The van der Waals surface area contributed by atoms with Gasteiger partial charge in [0.05, 0.1) is 7.11 Å². The lowest BCUT2D eigenvalue weighted by molar-refractivity contribution is -0.142. The molecule has 0 heterocycles. The van der Waals surface area contributed by atoms with Crippen molar-refractivity contribution in [2.75, 3.05) is 13.7 Å². The molecule has 0 bridgehead atoms. The number of hydrogen-bond donors (Lipinski definition) is 1. The summed E-state index contributed by atoms with van der Waals surface area (Å²) in [7, 11) is 1.61. The summed E-state index contributed by atoms with van der Waals surface area (Å²) < 4.78 is 11.1. The minimum Gasteiger partial charge on any atom is -0.497 e. The predicted octanol–water partition coefficient (Wildman–Crippen LogP) is 4.85. The molecule has 2 aromatic rings. The highest BCUT2D eigenvalue weighted by molar-refractivity contribution is 5.88. The molecule has 1 saturated carbocycles. The number of ether oxygens (including phenoxy) is 2. The number of amides is 2. The number of nitrogens with one attached hydrogen (secondary N) is 1. The molecule has 184 valence electrons. The van der Waals surface area contributed by atoms with E-state index in [0.29, 0.717) is 18.0 Å². The first-order valence-corrected chi connectivity index (χ1v) is 12.1. The van der Waals surface area contributed by atoms with E-state index < -0.39 is 6.04 Å². The lowest BCUT2D eigenvalue weighted by Gasteiger charge is -2.29. The molecule has 2 aromatic carbocycles. The topological polar surface area (TPSA) is 67.9 Å². The second-order valence-electron chi connectivity index (χ2n) is 10.1. The molecular formula is C28H38N2O4. The molecule has 1 unspecified atom stereocenters. The normalized spacial score (nSPS) is 15.0. The van der Waals surface area contributed by atoms with Gasteiger partial charge in [-0.05, 0) is 60.6 Å². The van der Waals surface area contributed by atoms with Crippen LogP contribution in [0.5, 0.6) is 11.5 Å². The SMILES string of the molecule is COc1cccc(CN(C(=O)COc2ccc(C(C)(C)C)cc2)C(C)C(=O)NC2CCCC2)c1. The number of methoxy groups -OCH3 is 1. The van der Waals surface area contributed by atoms with Gasteiger partial charge in [-0.3, -0.25) is 9.59 Å². The van der Waals surface area contributed by atoms with Gasteiger partial charge in [-0.15, -0.1) is 0 Å². The lowest BCUT2D eigenvalue weighted by Crippen LogP contribution is -2.50. The molecule has 0 aromatic heterocycles. The van der Waals surface area contributed by atoms with Crippen LogP contribution in [0.4, 0.5) is 0 Å². The Labute approximate surface area is 203 Å². The molecule has 0 radical (unpaired) electrons. The molecule has 1 fully saturated rings. The van der Waals surface area contributed by atoms with Crippen LogP contribution in [0.25, 0.3) is 0 Å². The van der Waals surface area contributed by atoms with Gasteiger partial charge in [0.25, 0.3) is 5.91 Å². The molecule has 1 N–H and O–H groups in total. The van der Waals surface area contributed by atoms with Crippen molar-refractivity contribution in [2.24, 2.45) is 0 Å². The van der Waals surface area contributed by atoms with Gasteiger partial charge >= 0.3 is 0 Å². The Kier molecular flexibility index (Phi) is 8.59. The Morgan fingerprint density at radius 2 is 1.74 bits per heavy atom. The monoisotopic (exact) mass is 466 g/mol. The molecule has 6 heteroatoms. The van der Waals surface area contributed by atoms with E-state index in [4.69, 9.17) is 9.47 Å². The maximum Gasteiger partial charge on any atom is 0.261 e. The van der Waals surface area contributed by atoms with Gasteiger partial charge in [0.15, 0.2) is 6.61 Å². The zero-order valence-electron chi connectivity index (χ0n) is 21.1. The third-order valence-electron chi connectivity index (χ3n) is 6.44. The van der Waals surface area contributed by atoms with E-state index in [0.717, 1.165) is 31.2 Å². The van der Waals surface area contributed by atoms with Crippen molar-refractivity contribution in [1.82, 2.24) is 10.2 Å². The van der Waals surface area contributed by atoms with E-state index in [1.807, 2.05) is 48.5 Å². The second-order valence-corrected chi connectivity index (χ2v) is 10.1. The van der Waals surface area contributed by atoms with Crippen LogP contribution in [-0.4, -0.2) is 42.5 Å². The number of carbonyl (C=O) groups excluding carboxylic acids is 2. The first-order valence-electron chi connectivity index (χ1n) is 12.1. The van der Waals surface area contributed by atoms with Crippen molar-refractivity contribution in [2.45, 2.75) is 77.4 Å². The summed E-state index contributed by atoms with van der Waals surface area (Å²) in [5, 5.41) is 3.12. The molecular weight excluding hydrogens is 428 g/mol. The third kappa shape index (κ3) is 6.99. The van der Waals surface area contributed by atoms with Crippen molar-refractivity contribution in [3.05, 3.63) is 59.7 Å². The fourth-order valence-corrected chi connectivity index (χ4v) is 4.22. The number of nitrogens with zero attached hydrogens (tertiary/aromatic N) is 1. The molecule has 0 aliphatic heterocycles. The zero-order valence-corrected chi connectivity index (χ0v) is 21.1. The van der Waals surface area contributed by atoms with Crippen LogP contribution in [-0.2, 0) is 21.5 Å². The molecule has 0 spiro atoms. The van der Waals surface area contributed by atoms with E-state index in [2.05, 4.69) is 26.1 Å². The van der Waals surface area contributed by atoms with E-state index in [1.165, 1.54) is 5.56 Å². The maximum absolute atomic E-state index is 13.3. The van der Waals surface area contributed by atoms with Crippen LogP contribution in [0, 0.1) is 0 Å². The van der Waals surface area contributed by atoms with Crippen molar-refractivity contribution in [3.8, 4) is 11.5 Å². The van der Waals surface area contributed by atoms with Gasteiger partial charge in [0.1, 0.15) is 17.5 Å². The fourth-order valence-electron chi connectivity index (χ4n) is 4.22. The molecule has 6 nitrogen and oxygen atoms in total. The Hall–Kier alpha value is -3.02. The summed E-state index contributed by atoms with van der Waals surface area (Å²) in [6.07, 6.45) is 4.26. The summed E-state index contributed by atoms with van der Waals surface area (Å²) in [4.78, 5) is 27.9. The van der Waals surface area contributed by atoms with Crippen LogP contribution in [0.1, 0.15) is 64.5 Å². The maximum atomic E-state index is 13.3. The standard InChI is InChI=1S/C28H38N2O4/c1-20(27(32)29-23-10-6-7-11-23)30(18-21-9-8-12-25(17-21)33-5)26(31)19-34-24-15-13-22(14-16-24)28(2,3)4/h8-9,12-17,20,23H,6-7,10-11,18-19H2,1-5H3,(H,29,32). The first-order chi connectivity index (χ1) is 16.2. The number of rotatable bonds is 9. The second kappa shape index (κ2) is 11.4. The van der Waals surface area contributed by atoms with Crippen molar-refractivity contribution < 1.29 is 19.1 Å². The van der Waals surface area contributed by atoms with Crippen LogP contribution in [0.3, 0.4) is 0 Å². The highest BCUT2D eigenvalue weighted by Crippen LogP contribution is 2.24. The van der Waals surface area contributed by atoms with Crippen LogP contribution in [0.2, 0.25) is 0 Å². The van der Waals surface area contributed by atoms with Gasteiger partial charge in [-0.1, -0.05) is 57.9 Å². The zero-order chi connectivity index (χ0) is 24.7. The molecule has 1 aliphatic rings. The predicted molar refractivity (Wildman–Crippen MR) is 134 cm³/mol. The number of carbonyl (C=O) groups is 2. The molecule has 34 heavy (non-hydrogen) atoms. The Morgan fingerprint density at radius 3 is 2.35 bits per heavy atom. The summed E-state index contributed by atoms with van der Waals surface area (Å²) in [6, 6.07) is 14.9. The summed E-state index contributed by atoms with van der Waals surface area (Å²) in [6.45, 7) is 8.39. The smallest absolute Gasteiger partial charge is 0.261 e. The fraction of sp³-hybridized carbons (Fsp3) is 0.500. The molecule has 0 saturated heterocycles. The van der Waals surface area contributed by atoms with Gasteiger partial charge in [0.2, 0.25) is 5.91 Å². The Balaban J connectivity index is 1.71. The number of hydrogen-bond acceptors (Lipinski definition) is 4. The molecule has 3 rings (SSSR count). The van der Waals surface area contributed by atoms with Gasteiger partial charge in [-0.2, -0.15) is 0 Å². The Bertz CT molecular complexity index is 959. The summed E-state index contributed by atoms with van der Waals surface area (Å²) >= 11 is 0. The van der Waals surface area contributed by atoms with Crippen molar-refractivity contribution >= 4 is 11.8 Å². The molecule has 2 amide bonds. The minimum atomic E-state index is -0.619. The van der Waals surface area contributed by atoms with E-state index in [-0.39, 0.29) is 29.9 Å². The van der Waals surface area contributed by atoms with E-state index in [9.17, 15) is 9.59 Å². The summed E-state index contributed by atoms with van der Waals surface area (Å²) in [5.41, 5.74) is 2.13. The third-order valence-corrected chi connectivity index (χ3v) is 6.44. The Morgan fingerprint density at radius 1 is 1.06 bits per heavy atom. The largest absolute Gasteiger partial charge is 0.497 e. The molecule has 1 aliphatic carbocycles. The van der Waals surface area contributed by atoms with Gasteiger partial charge in [0, 0.05) is 12.6 Å². The van der Waals surface area contributed by atoms with Crippen molar-refractivity contribution in [3.63, 3.8) is 0 Å². The number of benzene rings is 2. The van der Waals surface area contributed by atoms with Gasteiger partial charge in [-0.25, -0.2) is 0 Å². The average Bonchev–Trinajstić information content (AvgIpc) is 3.33. The quantitative estimate of drug-likeness (QED) is 0.574. The van der Waals surface area contributed by atoms with E-state index >= 15 is 0 Å².